The van der Waals surface area contributed by atoms with Crippen molar-refractivity contribution in [3.8, 4) is 36.0 Å². The summed E-state index contributed by atoms with van der Waals surface area (Å²) >= 11 is 4.82. The SMILES string of the molecule is C#CCCCCC.CCCCCC#Cc1ccc(C23CC4C56CC7(c8ccc(C#CCCCCC)cc8)CC([C@H]5C2)[C@@H](C3)C4(C7)C6)cc1.Ic1ccc(C23CC4C56CC7(c8ccc(I)cc8)CC([C@H]5C2)[C@@H](C3)C4(C7)C6)cc1.[Cl][Pd][Cl].c1ccc(P(c2ccccc2)c2ccccc2)cc1.c1ccc(P(c2ccccc2)c2ccccc2)cc1. The van der Waals surface area contributed by atoms with E-state index < -0.39 is 15.8 Å². The van der Waals surface area contributed by atoms with Crippen LogP contribution in [0.2, 0.25) is 0 Å². The van der Waals surface area contributed by atoms with Crippen LogP contribution in [0.5, 0.6) is 0 Å². The van der Waals surface area contributed by atoms with E-state index in [2.05, 4.69) is 375 Å². The van der Waals surface area contributed by atoms with E-state index in [1.165, 1.54) is 185 Å². The molecule has 10 aromatic rings. The van der Waals surface area contributed by atoms with Crippen molar-refractivity contribution in [2.45, 2.75) is 209 Å². The minimum absolute atomic E-state index is 0.106. The Morgan fingerprint density at radius 3 is 0.839 bits per heavy atom. The van der Waals surface area contributed by atoms with Crippen molar-refractivity contribution in [3.63, 3.8) is 0 Å². The van der Waals surface area contributed by atoms with Crippen molar-refractivity contribution in [3.05, 3.63) is 320 Å². The van der Waals surface area contributed by atoms with Crippen LogP contribution in [0, 0.1) is 112 Å². The average Bonchev–Trinajstić information content (AvgIpc) is 0.618. The van der Waals surface area contributed by atoms with Crippen molar-refractivity contribution < 1.29 is 15.9 Å². The van der Waals surface area contributed by atoms with Gasteiger partial charge in [0.1, 0.15) is 0 Å². The minimum Gasteiger partial charge on any atom is -0.0622 e. The van der Waals surface area contributed by atoms with Gasteiger partial charge in [-0.05, 0) is 363 Å². The van der Waals surface area contributed by atoms with Crippen LogP contribution in [0.3, 0.4) is 0 Å². The molecule has 608 valence electrons. The third kappa shape index (κ3) is 15.9. The molecule has 18 aliphatic rings. The molecular formula is C111H116Cl2I2P2Pd. The Bertz CT molecular complexity index is 4790. The summed E-state index contributed by atoms with van der Waals surface area (Å²) in [5, 5.41) is 8.39. The number of unbranched alkanes of at least 4 members (excludes halogenated alkanes) is 9. The molecule has 0 nitrogen and oxygen atoms in total. The zero-order chi connectivity index (χ0) is 81.0. The standard InChI is InChI=1S/C41H48.C27H26I2.2C18H15P.C7H12.2ClH.Pd/c1-3-5-7-9-11-13-30-15-19-32(20-16-30)38-24-35-34-23-39(33-21-17-31(18-22-33)14-12-10-8-6-4-2)27-40(35)29-41(28-39,36(34)25-38)37(40)26-38;28-18-5-1-16(2-6-18)24-10-21-20-9-25(17-3-7-19(29)8-4-17)13-26(21)15-27(14-25,22(20)11-24)23(26)12-24;2*1-4-10-16(11-5-1)19(17-12-6-2-7-13-17)18-14-8-3-9-15-18;1-3-5-7-6-4-2;;;/h15-22,34-37H,3-10,23-29H2,1-2H3;1-8,20-23H,9-15H2;2*1-15H;1H,4-7H2,2H3;2*1H;/q;;;;;;;+2/p-2/t34?,35-,36-,37?,38?,39?,40?,41?;20?,21-,22-,23?,24?,25?,26?,27?;;;;;;/m11....../s1. The first kappa shape index (κ1) is 84.6. The third-order valence-electron chi connectivity index (χ3n) is 31.9. The molecule has 118 heavy (non-hydrogen) atoms. The Morgan fingerprint density at radius 2 is 0.576 bits per heavy atom. The topological polar surface area (TPSA) is 0 Å². The summed E-state index contributed by atoms with van der Waals surface area (Å²) in [6.45, 7) is 6.70. The predicted octanol–water partition coefficient (Wildman–Crippen LogP) is 27.8. The smallest absolute Gasteiger partial charge is 0.0134 e. The molecule has 18 aliphatic carbocycles. The fourth-order valence-electron chi connectivity index (χ4n) is 28.2. The van der Waals surface area contributed by atoms with Gasteiger partial charge in [0, 0.05) is 37.5 Å². The molecule has 0 aliphatic heterocycles. The number of hydrogen-bond acceptors (Lipinski definition) is 0. The Balaban J connectivity index is 0.000000113. The van der Waals surface area contributed by atoms with E-state index in [9.17, 15) is 0 Å². The second-order valence-electron chi connectivity index (χ2n) is 37.7. The minimum atomic E-state index is -0.446. The molecular weight excluding hydrogens is 1830 g/mol. The van der Waals surface area contributed by atoms with Crippen LogP contribution < -0.4 is 31.8 Å². The van der Waals surface area contributed by atoms with Crippen molar-refractivity contribution in [1.82, 2.24) is 0 Å². The van der Waals surface area contributed by atoms with Gasteiger partial charge in [0.2, 0.25) is 0 Å². The van der Waals surface area contributed by atoms with Crippen molar-refractivity contribution in [1.29, 1.82) is 0 Å². The fraction of sp³-hybridized carbons (Fsp3) is 0.405. The van der Waals surface area contributed by atoms with Crippen molar-refractivity contribution >= 4 is 112 Å². The van der Waals surface area contributed by atoms with Crippen LogP contribution in [-0.2, 0) is 37.6 Å². The van der Waals surface area contributed by atoms with Crippen LogP contribution in [0.1, 0.15) is 221 Å². The van der Waals surface area contributed by atoms with Gasteiger partial charge in [0.15, 0.2) is 0 Å². The fourth-order valence-corrected chi connectivity index (χ4v) is 33.5. The van der Waals surface area contributed by atoms with E-state index in [0.717, 1.165) is 66.6 Å². The Labute approximate surface area is 754 Å². The molecule has 18 fully saturated rings. The summed E-state index contributed by atoms with van der Waals surface area (Å²) in [5.41, 5.74) is 13.8. The van der Waals surface area contributed by atoms with E-state index in [-0.39, 0.29) is 15.9 Å². The molecule has 0 heterocycles. The molecule has 0 saturated heterocycles. The van der Waals surface area contributed by atoms with E-state index in [1.54, 1.807) is 35.1 Å². The Kier molecular flexibility index (Phi) is 26.3. The van der Waals surface area contributed by atoms with Crippen LogP contribution in [0.15, 0.2) is 279 Å². The molecule has 18 saturated carbocycles. The van der Waals surface area contributed by atoms with Crippen LogP contribution >= 0.6 is 80.1 Å². The molecule has 7 heteroatoms. The first-order valence-corrected chi connectivity index (χ1v) is 53.5. The Morgan fingerprint density at radius 1 is 0.322 bits per heavy atom. The summed E-state index contributed by atoms with van der Waals surface area (Å²) < 4.78 is 2.77. The molecule has 8 atom stereocenters. The molecule has 28 rings (SSSR count). The summed E-state index contributed by atoms with van der Waals surface area (Å²) in [4.78, 5) is 0. The van der Waals surface area contributed by atoms with Gasteiger partial charge in [-0.3, -0.25) is 0 Å². The maximum absolute atomic E-state index is 5.02. The van der Waals surface area contributed by atoms with Gasteiger partial charge in [-0.2, -0.15) is 0 Å². The maximum atomic E-state index is 5.02. The normalized spacial score (nSPS) is 30.6. The first-order valence-electron chi connectivity index (χ1n) is 44.7. The van der Waals surface area contributed by atoms with Crippen LogP contribution in [0.25, 0.3) is 0 Å². The van der Waals surface area contributed by atoms with Gasteiger partial charge in [-0.15, -0.1) is 12.3 Å². The summed E-state index contributed by atoms with van der Waals surface area (Å²) in [6.07, 6.45) is 40.4. The molecule has 4 spiro atoms. The predicted molar refractivity (Wildman–Crippen MR) is 517 cm³/mol. The molecule has 4 unspecified atom stereocenters. The van der Waals surface area contributed by atoms with E-state index in [4.69, 9.17) is 25.5 Å². The van der Waals surface area contributed by atoms with Crippen molar-refractivity contribution in [2.24, 2.45) is 69.0 Å². The number of halogens is 4. The first-order chi connectivity index (χ1) is 57.8. The van der Waals surface area contributed by atoms with Crippen LogP contribution in [0.4, 0.5) is 0 Å². The van der Waals surface area contributed by atoms with E-state index in [1.807, 2.05) is 0 Å². The number of hydrogen-bond donors (Lipinski definition) is 0. The van der Waals surface area contributed by atoms with E-state index >= 15 is 0 Å². The molecule has 0 aromatic heterocycles. The van der Waals surface area contributed by atoms with Gasteiger partial charge < -0.3 is 0 Å². The van der Waals surface area contributed by atoms with E-state index in [0.29, 0.717) is 43.3 Å². The molecule has 0 N–H and O–H groups in total. The Hall–Kier alpha value is -5.56. The number of benzene rings is 10. The quantitative estimate of drug-likeness (QED) is 0.0249. The largest absolute Gasteiger partial charge is 0.0622 e. The molecule has 0 amide bonds. The summed E-state index contributed by atoms with van der Waals surface area (Å²) in [5.74, 6) is 24.4. The monoisotopic (exact) mass is 1940 g/mol. The second-order valence-corrected chi connectivity index (χ2v) is 47.0. The molecule has 10 aromatic carbocycles. The van der Waals surface area contributed by atoms with Gasteiger partial charge in [0.05, 0.1) is 0 Å². The summed E-state index contributed by atoms with van der Waals surface area (Å²) in [6, 6.07) is 103. The molecule has 0 radical (unpaired) electrons. The van der Waals surface area contributed by atoms with Gasteiger partial charge in [0.25, 0.3) is 0 Å². The van der Waals surface area contributed by atoms with Gasteiger partial charge >= 0.3 is 35.0 Å². The number of terminal acetylenes is 1. The van der Waals surface area contributed by atoms with Crippen LogP contribution in [-0.4, -0.2) is 0 Å². The zero-order valence-electron chi connectivity index (χ0n) is 69.4. The van der Waals surface area contributed by atoms with Crippen molar-refractivity contribution in [2.75, 3.05) is 0 Å². The van der Waals surface area contributed by atoms with Gasteiger partial charge in [-0.1, -0.05) is 313 Å². The second kappa shape index (κ2) is 36.7. The third-order valence-corrected chi connectivity index (χ3v) is 38.2. The molecule has 16 bridgehead atoms. The van der Waals surface area contributed by atoms with Gasteiger partial charge in [-0.25, -0.2) is 0 Å². The number of rotatable bonds is 19. The summed E-state index contributed by atoms with van der Waals surface area (Å²) in [7, 11) is 8.74. The zero-order valence-corrected chi connectivity index (χ0v) is 78.5. The maximum Gasteiger partial charge on any atom is -0.0134 e. The average molecular weight is 1940 g/mol.